The molecule has 2 fully saturated rings. The van der Waals surface area contributed by atoms with Crippen LogP contribution in [-0.2, 0) is 0 Å². The molecule has 4 aromatic rings. The fraction of sp³-hybridized carbons (Fsp3) is 0.281. The van der Waals surface area contributed by atoms with Gasteiger partial charge < -0.3 is 24.6 Å². The van der Waals surface area contributed by atoms with E-state index in [-0.39, 0.29) is 17.6 Å². The van der Waals surface area contributed by atoms with Gasteiger partial charge in [0.1, 0.15) is 17.6 Å². The predicted octanol–water partition coefficient (Wildman–Crippen LogP) is 7.35. The zero-order valence-electron chi connectivity index (χ0n) is 22.8. The number of halogens is 1. The molecule has 2 aliphatic rings. The molecule has 0 amide bonds. The van der Waals surface area contributed by atoms with Crippen molar-refractivity contribution in [2.24, 2.45) is 11.8 Å². The van der Waals surface area contributed by atoms with Crippen LogP contribution in [0.1, 0.15) is 54.2 Å². The highest BCUT2D eigenvalue weighted by molar-refractivity contribution is 7.80. The minimum atomic E-state index is -0.987. The number of nitrogens with zero attached hydrogens (tertiary/aromatic N) is 3. The molecule has 6 rings (SSSR count). The fourth-order valence-corrected chi connectivity index (χ4v) is 6.80. The van der Waals surface area contributed by atoms with Gasteiger partial charge >= 0.3 is 5.97 Å². The molecule has 2 N–H and O–H groups in total. The number of aromatic carboxylic acids is 1. The second kappa shape index (κ2) is 11.2. The van der Waals surface area contributed by atoms with E-state index in [1.807, 2.05) is 47.4 Å². The Morgan fingerprint density at radius 3 is 2.56 bits per heavy atom. The van der Waals surface area contributed by atoms with Crippen molar-refractivity contribution in [1.82, 2.24) is 10.3 Å². The van der Waals surface area contributed by atoms with Crippen molar-refractivity contribution < 1.29 is 14.3 Å². The van der Waals surface area contributed by atoms with Gasteiger partial charge in [-0.15, -0.1) is 0 Å². The largest absolute Gasteiger partial charge is 0.478 e. The van der Waals surface area contributed by atoms with Crippen molar-refractivity contribution in [1.29, 1.82) is 0 Å². The maximum Gasteiger partial charge on any atom is 0.335 e. The molecule has 4 heterocycles. The van der Waals surface area contributed by atoms with E-state index >= 15 is 0 Å². The third kappa shape index (κ3) is 5.42. The number of furan rings is 1. The van der Waals surface area contributed by atoms with E-state index in [9.17, 15) is 9.90 Å². The van der Waals surface area contributed by atoms with Crippen LogP contribution in [0.15, 0.2) is 83.4 Å². The Hall–Kier alpha value is -3.88. The molecule has 4 atom stereocenters. The molecule has 7 nitrogen and oxygen atoms in total. The summed E-state index contributed by atoms with van der Waals surface area (Å²) in [7, 11) is 0. The van der Waals surface area contributed by atoms with Crippen LogP contribution in [0.3, 0.4) is 0 Å². The molecule has 2 aromatic heterocycles. The number of piperidine rings is 1. The minimum absolute atomic E-state index is 0.198. The summed E-state index contributed by atoms with van der Waals surface area (Å²) >= 11 is 12.8. The van der Waals surface area contributed by atoms with Crippen LogP contribution in [0.2, 0.25) is 5.02 Å². The Balaban J connectivity index is 1.38. The second-order valence-electron chi connectivity index (χ2n) is 11.1. The van der Waals surface area contributed by atoms with Crippen LogP contribution in [-0.4, -0.2) is 34.3 Å². The number of hydrogen-bond donors (Lipinski definition) is 2. The summed E-state index contributed by atoms with van der Waals surface area (Å²) in [6.45, 7) is 6.54. The normalized spacial score (nSPS) is 22.6. The lowest BCUT2D eigenvalue weighted by Crippen LogP contribution is -2.38. The number of thiocarbonyl (C=S) groups is 1. The molecule has 41 heavy (non-hydrogen) atoms. The number of pyridine rings is 1. The van der Waals surface area contributed by atoms with Crippen molar-refractivity contribution in [2.75, 3.05) is 22.9 Å². The van der Waals surface area contributed by atoms with Gasteiger partial charge in [-0.05, 0) is 85.1 Å². The number of hydrogen-bond acceptors (Lipinski definition) is 5. The van der Waals surface area contributed by atoms with E-state index in [4.69, 9.17) is 28.2 Å². The average Bonchev–Trinajstić information content (AvgIpc) is 3.57. The van der Waals surface area contributed by atoms with Crippen LogP contribution in [0.4, 0.5) is 11.4 Å². The number of aromatic nitrogens is 1. The highest BCUT2D eigenvalue weighted by atomic mass is 35.5. The first-order valence-electron chi connectivity index (χ1n) is 13.8. The van der Waals surface area contributed by atoms with Crippen molar-refractivity contribution in [3.8, 4) is 11.3 Å². The molecule has 0 aliphatic carbocycles. The second-order valence-corrected chi connectivity index (χ2v) is 11.9. The molecule has 210 valence electrons. The number of rotatable bonds is 6. The Kier molecular flexibility index (Phi) is 7.45. The zero-order chi connectivity index (χ0) is 28.7. The quantitative estimate of drug-likeness (QED) is 0.227. The van der Waals surface area contributed by atoms with Gasteiger partial charge in [-0.2, -0.15) is 0 Å². The summed E-state index contributed by atoms with van der Waals surface area (Å²) in [6.07, 6.45) is 2.99. The Morgan fingerprint density at radius 1 is 1.05 bits per heavy atom. The molecule has 2 saturated heterocycles. The van der Waals surface area contributed by atoms with Gasteiger partial charge in [0.05, 0.1) is 28.0 Å². The smallest absolute Gasteiger partial charge is 0.335 e. The first kappa shape index (κ1) is 27.3. The van der Waals surface area contributed by atoms with Crippen molar-refractivity contribution in [2.45, 2.75) is 32.4 Å². The summed E-state index contributed by atoms with van der Waals surface area (Å²) in [5, 5.41) is 14.1. The Morgan fingerprint density at radius 2 is 1.85 bits per heavy atom. The molecule has 0 spiro atoms. The highest BCUT2D eigenvalue weighted by Gasteiger charge is 2.43. The van der Waals surface area contributed by atoms with Gasteiger partial charge in [-0.3, -0.25) is 4.98 Å². The first-order valence-corrected chi connectivity index (χ1v) is 14.6. The van der Waals surface area contributed by atoms with Gasteiger partial charge in [0.2, 0.25) is 0 Å². The third-order valence-electron chi connectivity index (χ3n) is 7.83. The lowest BCUT2D eigenvalue weighted by atomic mass is 9.91. The van der Waals surface area contributed by atoms with Gasteiger partial charge in [-0.25, -0.2) is 4.79 Å². The number of carboxylic acids is 1. The van der Waals surface area contributed by atoms with E-state index < -0.39 is 5.97 Å². The van der Waals surface area contributed by atoms with Crippen LogP contribution in [0, 0.1) is 11.8 Å². The lowest BCUT2D eigenvalue weighted by Gasteiger charge is -2.37. The molecule has 2 aliphatic heterocycles. The topological polar surface area (TPSA) is 81.8 Å². The van der Waals surface area contributed by atoms with E-state index in [0.29, 0.717) is 39.1 Å². The summed E-state index contributed by atoms with van der Waals surface area (Å²) in [5.74, 6) is 1.47. The summed E-state index contributed by atoms with van der Waals surface area (Å²) in [5.41, 5.74) is 3.59. The minimum Gasteiger partial charge on any atom is -0.478 e. The highest BCUT2D eigenvalue weighted by Crippen LogP contribution is 2.44. The van der Waals surface area contributed by atoms with E-state index in [1.165, 1.54) is 6.42 Å². The fourth-order valence-electron chi connectivity index (χ4n) is 6.16. The third-order valence-corrected chi connectivity index (χ3v) is 8.45. The van der Waals surface area contributed by atoms with Gasteiger partial charge in [0, 0.05) is 30.5 Å². The molecular weight excluding hydrogens is 556 g/mol. The van der Waals surface area contributed by atoms with Crippen molar-refractivity contribution >= 4 is 46.3 Å². The van der Waals surface area contributed by atoms with E-state index in [2.05, 4.69) is 41.2 Å². The van der Waals surface area contributed by atoms with E-state index in [0.717, 1.165) is 30.2 Å². The number of benzene rings is 2. The lowest BCUT2D eigenvalue weighted by molar-refractivity contribution is 0.0697. The van der Waals surface area contributed by atoms with Gasteiger partial charge in [0.15, 0.2) is 5.11 Å². The molecular formula is C32H31ClN4O3S. The molecule has 0 unspecified atom stereocenters. The van der Waals surface area contributed by atoms with Crippen LogP contribution in [0.5, 0.6) is 0 Å². The molecule has 9 heteroatoms. The van der Waals surface area contributed by atoms with Gasteiger partial charge in [-0.1, -0.05) is 43.6 Å². The standard InChI is InChI=1S/C32H31ClN4O3S/c1-19-14-20(2)18-36(17-19)26-10-9-23(16-24(26)33)37-30(29(35-32(37)41)25-8-3-4-13-34-25)28-12-11-27(40-28)21-6-5-7-22(15-21)31(38)39/h3-13,15-16,19-20,29-30H,14,17-18H2,1-2H3,(H,35,41)(H,38,39)/t19-,20+,29-,30+/m1/s1. The number of nitrogens with one attached hydrogen (secondary N) is 1. The summed E-state index contributed by atoms with van der Waals surface area (Å²) in [4.78, 5) is 20.6. The zero-order valence-corrected chi connectivity index (χ0v) is 24.4. The van der Waals surface area contributed by atoms with Crippen molar-refractivity contribution in [3.63, 3.8) is 0 Å². The van der Waals surface area contributed by atoms with E-state index in [1.54, 1.807) is 24.4 Å². The molecule has 0 bridgehead atoms. The number of carbonyl (C=O) groups is 1. The van der Waals surface area contributed by atoms with Gasteiger partial charge in [0.25, 0.3) is 0 Å². The maximum absolute atomic E-state index is 11.5. The molecule has 0 radical (unpaired) electrons. The maximum atomic E-state index is 11.5. The Labute approximate surface area is 249 Å². The number of carboxylic acid groups (broad SMARTS) is 1. The van der Waals surface area contributed by atoms with Crippen molar-refractivity contribution in [3.05, 3.63) is 101 Å². The SMILES string of the molecule is C[C@@H]1C[C@H](C)CN(c2ccc(N3C(=S)N[C@H](c4ccccn4)[C@@H]3c3ccc(-c4cccc(C(=O)O)c4)o3)cc2Cl)C1. The average molecular weight is 587 g/mol. The van der Waals surface area contributed by atoms with Crippen LogP contribution < -0.4 is 15.1 Å². The first-order chi connectivity index (χ1) is 19.8. The Bertz CT molecular complexity index is 1580. The molecule has 2 aromatic carbocycles. The monoisotopic (exact) mass is 586 g/mol. The summed E-state index contributed by atoms with van der Waals surface area (Å²) in [6, 6.07) is 21.8. The van der Waals surface area contributed by atoms with Crippen LogP contribution in [0.25, 0.3) is 11.3 Å². The summed E-state index contributed by atoms with van der Waals surface area (Å²) < 4.78 is 6.41. The van der Waals surface area contributed by atoms with Crippen LogP contribution >= 0.6 is 23.8 Å². The molecule has 0 saturated carbocycles. The number of anilines is 2. The predicted molar refractivity (Wildman–Crippen MR) is 166 cm³/mol.